The van der Waals surface area contributed by atoms with Gasteiger partial charge in [-0.3, -0.25) is 4.79 Å². The first-order valence-electron chi connectivity index (χ1n) is 4.32. The lowest BCUT2D eigenvalue weighted by Gasteiger charge is -2.03. The zero-order chi connectivity index (χ0) is 9.52. The second-order valence-electron chi connectivity index (χ2n) is 2.66. The standard InChI is InChI=1S/C9H13NO2S/c1-2-3-5-8(11)10-12-9-6-4-7-13-9/h4,6-7H,2-3,5H2,1H3,(H,10,11). The minimum Gasteiger partial charge on any atom is -0.369 e. The molecule has 1 heterocycles. The van der Waals surface area contributed by atoms with Crippen molar-refractivity contribution in [2.75, 3.05) is 0 Å². The number of carbonyl (C=O) groups excluding carboxylic acids is 1. The molecule has 1 N–H and O–H groups in total. The molecule has 0 spiro atoms. The molecule has 0 fully saturated rings. The van der Waals surface area contributed by atoms with Gasteiger partial charge in [0.15, 0.2) is 0 Å². The largest absolute Gasteiger partial charge is 0.369 e. The van der Waals surface area contributed by atoms with Crippen LogP contribution in [0.1, 0.15) is 26.2 Å². The summed E-state index contributed by atoms with van der Waals surface area (Å²) in [5, 5.41) is 2.61. The Bertz CT molecular complexity index is 246. The number of nitrogens with one attached hydrogen (secondary N) is 1. The third kappa shape index (κ3) is 3.94. The third-order valence-electron chi connectivity index (χ3n) is 1.52. The topological polar surface area (TPSA) is 38.3 Å². The molecule has 0 saturated heterocycles. The highest BCUT2D eigenvalue weighted by atomic mass is 32.1. The highest BCUT2D eigenvalue weighted by Gasteiger charge is 2.00. The van der Waals surface area contributed by atoms with Crippen molar-refractivity contribution in [3.05, 3.63) is 17.5 Å². The molecule has 13 heavy (non-hydrogen) atoms. The predicted molar refractivity (Wildman–Crippen MR) is 52.6 cm³/mol. The molecule has 0 aromatic carbocycles. The molecular formula is C9H13NO2S. The monoisotopic (exact) mass is 199 g/mol. The van der Waals surface area contributed by atoms with E-state index in [9.17, 15) is 4.79 Å². The smallest absolute Gasteiger partial charge is 0.252 e. The highest BCUT2D eigenvalue weighted by molar-refractivity contribution is 7.11. The average Bonchev–Trinajstić information content (AvgIpc) is 2.64. The molecular weight excluding hydrogens is 186 g/mol. The maximum atomic E-state index is 11.1. The van der Waals surface area contributed by atoms with Gasteiger partial charge in [-0.15, -0.1) is 11.3 Å². The number of hydrogen-bond acceptors (Lipinski definition) is 3. The second kappa shape index (κ2) is 5.59. The number of hydrogen-bond donors (Lipinski definition) is 1. The Balaban J connectivity index is 2.15. The summed E-state index contributed by atoms with van der Waals surface area (Å²) in [5.74, 6) is -0.0600. The van der Waals surface area contributed by atoms with Crippen LogP contribution in [0.3, 0.4) is 0 Å². The summed E-state index contributed by atoms with van der Waals surface area (Å²) in [6, 6.07) is 3.68. The molecule has 0 aliphatic heterocycles. The Kier molecular flexibility index (Phi) is 4.32. The van der Waals surface area contributed by atoms with Crippen LogP contribution in [0.25, 0.3) is 0 Å². The zero-order valence-corrected chi connectivity index (χ0v) is 8.39. The minimum absolute atomic E-state index is 0.0600. The van der Waals surface area contributed by atoms with E-state index in [2.05, 4.69) is 5.48 Å². The van der Waals surface area contributed by atoms with Crippen LogP contribution >= 0.6 is 11.3 Å². The van der Waals surface area contributed by atoms with Crippen LogP contribution in [0.5, 0.6) is 5.06 Å². The van der Waals surface area contributed by atoms with E-state index < -0.39 is 0 Å². The number of amides is 1. The summed E-state index contributed by atoms with van der Waals surface area (Å²) < 4.78 is 0. The van der Waals surface area contributed by atoms with Gasteiger partial charge in [0.05, 0.1) is 0 Å². The van der Waals surface area contributed by atoms with Crippen molar-refractivity contribution in [2.24, 2.45) is 0 Å². The van der Waals surface area contributed by atoms with Gasteiger partial charge in [0.25, 0.3) is 5.91 Å². The summed E-state index contributed by atoms with van der Waals surface area (Å²) in [5.41, 5.74) is 2.39. The molecule has 1 rings (SSSR count). The van der Waals surface area contributed by atoms with Crippen LogP contribution in [0.15, 0.2) is 17.5 Å². The number of unbranched alkanes of at least 4 members (excludes halogenated alkanes) is 1. The summed E-state index contributed by atoms with van der Waals surface area (Å²) in [6.45, 7) is 2.05. The van der Waals surface area contributed by atoms with E-state index in [0.29, 0.717) is 11.5 Å². The Morgan fingerprint density at radius 1 is 1.69 bits per heavy atom. The number of thiophene rings is 1. The zero-order valence-electron chi connectivity index (χ0n) is 7.58. The van der Waals surface area contributed by atoms with Crippen LogP contribution in [-0.4, -0.2) is 5.91 Å². The maximum absolute atomic E-state index is 11.1. The van der Waals surface area contributed by atoms with Crippen molar-refractivity contribution in [3.63, 3.8) is 0 Å². The Labute approximate surface area is 81.7 Å². The summed E-state index contributed by atoms with van der Waals surface area (Å²) in [4.78, 5) is 16.1. The minimum atomic E-state index is -0.0600. The first-order chi connectivity index (χ1) is 6.33. The fourth-order valence-electron chi connectivity index (χ4n) is 0.817. The number of carbonyl (C=O) groups is 1. The van der Waals surface area contributed by atoms with E-state index in [1.807, 2.05) is 24.4 Å². The van der Waals surface area contributed by atoms with E-state index in [4.69, 9.17) is 4.84 Å². The molecule has 1 aromatic heterocycles. The number of rotatable bonds is 5. The van der Waals surface area contributed by atoms with Crippen LogP contribution < -0.4 is 10.3 Å². The Morgan fingerprint density at radius 3 is 3.15 bits per heavy atom. The summed E-state index contributed by atoms with van der Waals surface area (Å²) >= 11 is 1.45. The molecule has 72 valence electrons. The van der Waals surface area contributed by atoms with E-state index in [0.717, 1.165) is 12.8 Å². The van der Waals surface area contributed by atoms with E-state index >= 15 is 0 Å². The predicted octanol–water partition coefficient (Wildman–Crippen LogP) is 2.35. The van der Waals surface area contributed by atoms with Crippen molar-refractivity contribution in [1.29, 1.82) is 0 Å². The maximum Gasteiger partial charge on any atom is 0.252 e. The lowest BCUT2D eigenvalue weighted by Crippen LogP contribution is -2.26. The first-order valence-corrected chi connectivity index (χ1v) is 5.20. The van der Waals surface area contributed by atoms with Crippen molar-refractivity contribution >= 4 is 17.2 Å². The average molecular weight is 199 g/mol. The van der Waals surface area contributed by atoms with E-state index in [1.54, 1.807) is 0 Å². The molecule has 0 saturated carbocycles. The lowest BCUT2D eigenvalue weighted by atomic mass is 10.2. The fraction of sp³-hybridized carbons (Fsp3) is 0.444. The van der Waals surface area contributed by atoms with Crippen LogP contribution in [0, 0.1) is 0 Å². The molecule has 0 radical (unpaired) electrons. The molecule has 0 aliphatic carbocycles. The molecule has 0 aliphatic rings. The number of hydroxylamine groups is 1. The third-order valence-corrected chi connectivity index (χ3v) is 2.26. The van der Waals surface area contributed by atoms with Gasteiger partial charge in [0.1, 0.15) is 0 Å². The second-order valence-corrected chi connectivity index (χ2v) is 3.57. The van der Waals surface area contributed by atoms with Gasteiger partial charge in [-0.25, -0.2) is 0 Å². The molecule has 0 bridgehead atoms. The van der Waals surface area contributed by atoms with Gasteiger partial charge in [-0.2, -0.15) is 5.48 Å². The van der Waals surface area contributed by atoms with Gasteiger partial charge < -0.3 is 4.84 Å². The quantitative estimate of drug-likeness (QED) is 0.739. The van der Waals surface area contributed by atoms with Crippen molar-refractivity contribution in [1.82, 2.24) is 5.48 Å². The van der Waals surface area contributed by atoms with Gasteiger partial charge in [-0.1, -0.05) is 13.3 Å². The van der Waals surface area contributed by atoms with Crippen LogP contribution in [0.4, 0.5) is 0 Å². The van der Waals surface area contributed by atoms with Gasteiger partial charge >= 0.3 is 0 Å². The summed E-state index contributed by atoms with van der Waals surface area (Å²) in [7, 11) is 0. The van der Waals surface area contributed by atoms with Crippen molar-refractivity contribution < 1.29 is 9.63 Å². The van der Waals surface area contributed by atoms with Gasteiger partial charge in [0.2, 0.25) is 5.06 Å². The Hall–Kier alpha value is -1.03. The molecule has 1 aromatic rings. The van der Waals surface area contributed by atoms with E-state index in [1.165, 1.54) is 11.3 Å². The van der Waals surface area contributed by atoms with Crippen LogP contribution in [-0.2, 0) is 4.79 Å². The normalized spacial score (nSPS) is 9.62. The fourth-order valence-corrected chi connectivity index (χ4v) is 1.36. The lowest BCUT2D eigenvalue weighted by molar-refractivity contribution is -0.127. The molecule has 3 nitrogen and oxygen atoms in total. The van der Waals surface area contributed by atoms with Crippen molar-refractivity contribution in [3.8, 4) is 5.06 Å². The highest BCUT2D eigenvalue weighted by Crippen LogP contribution is 2.16. The molecule has 0 unspecified atom stereocenters. The first kappa shape index (κ1) is 10.1. The molecule has 0 atom stereocenters. The molecule has 1 amide bonds. The Morgan fingerprint density at radius 2 is 2.54 bits per heavy atom. The van der Waals surface area contributed by atoms with Crippen LogP contribution in [0.2, 0.25) is 0 Å². The van der Waals surface area contributed by atoms with E-state index in [-0.39, 0.29) is 5.91 Å². The van der Waals surface area contributed by atoms with Crippen molar-refractivity contribution in [2.45, 2.75) is 26.2 Å². The summed E-state index contributed by atoms with van der Waals surface area (Å²) in [6.07, 6.45) is 2.45. The molecule has 4 heteroatoms. The van der Waals surface area contributed by atoms with Gasteiger partial charge in [-0.05, 0) is 23.9 Å². The SMILES string of the molecule is CCCCC(=O)NOc1cccs1. The van der Waals surface area contributed by atoms with Gasteiger partial charge in [0, 0.05) is 6.42 Å².